The molecule has 0 aliphatic heterocycles. The topological polar surface area (TPSA) is 26.3 Å². The average molecular weight is 166 g/mol. The molecule has 2 heteroatoms. The monoisotopic (exact) mass is 166 g/mol. The molecule has 0 radical (unpaired) electrons. The van der Waals surface area contributed by atoms with Crippen molar-refractivity contribution in [2.45, 2.75) is 13.3 Å². The third-order valence-corrected chi connectivity index (χ3v) is 1.13. The predicted octanol–water partition coefficient (Wildman–Crippen LogP) is 2.24. The summed E-state index contributed by atoms with van der Waals surface area (Å²) < 4.78 is 4.79. The summed E-state index contributed by atoms with van der Waals surface area (Å²) in [7, 11) is 0. The molecular formula is C10H14O2. The van der Waals surface area contributed by atoms with Gasteiger partial charge in [0, 0.05) is 5.57 Å². The Morgan fingerprint density at radius 1 is 1.50 bits per heavy atom. The van der Waals surface area contributed by atoms with E-state index in [1.165, 1.54) is 0 Å². The van der Waals surface area contributed by atoms with Crippen molar-refractivity contribution in [1.29, 1.82) is 0 Å². The van der Waals surface area contributed by atoms with E-state index in [0.717, 1.165) is 6.42 Å². The summed E-state index contributed by atoms with van der Waals surface area (Å²) in [5.41, 5.74) is 0.423. The van der Waals surface area contributed by atoms with Gasteiger partial charge in [-0.05, 0) is 13.3 Å². The van der Waals surface area contributed by atoms with Crippen molar-refractivity contribution in [2.24, 2.45) is 0 Å². The van der Waals surface area contributed by atoms with Crippen LogP contribution in [0.25, 0.3) is 0 Å². The van der Waals surface area contributed by atoms with Gasteiger partial charge in [0.15, 0.2) is 0 Å². The molecule has 0 amide bonds. The van der Waals surface area contributed by atoms with Crippen molar-refractivity contribution >= 4 is 5.97 Å². The second-order valence-electron chi connectivity index (χ2n) is 2.37. The molecule has 2 nitrogen and oxygen atoms in total. The van der Waals surface area contributed by atoms with Crippen molar-refractivity contribution in [3.63, 3.8) is 0 Å². The Kier molecular flexibility index (Phi) is 5.70. The normalized spacial score (nSPS) is 9.75. The summed E-state index contributed by atoms with van der Waals surface area (Å²) in [5.74, 6) is -0.349. The summed E-state index contributed by atoms with van der Waals surface area (Å²) in [6.45, 7) is 8.93. The van der Waals surface area contributed by atoms with E-state index >= 15 is 0 Å². The molecule has 12 heavy (non-hydrogen) atoms. The molecule has 0 saturated heterocycles. The molecule has 0 rings (SSSR count). The van der Waals surface area contributed by atoms with Crippen LogP contribution in [-0.2, 0) is 9.53 Å². The minimum Gasteiger partial charge on any atom is -0.458 e. The molecule has 66 valence electrons. The smallest absolute Gasteiger partial charge is 0.333 e. The molecule has 0 aromatic carbocycles. The van der Waals surface area contributed by atoms with E-state index < -0.39 is 0 Å². The molecule has 0 spiro atoms. The third-order valence-electron chi connectivity index (χ3n) is 1.13. The summed E-state index contributed by atoms with van der Waals surface area (Å²) in [6.07, 6.45) is 6.24. The van der Waals surface area contributed by atoms with Gasteiger partial charge in [0.05, 0.1) is 0 Å². The van der Waals surface area contributed by atoms with Gasteiger partial charge in [-0.2, -0.15) is 0 Å². The molecule has 0 unspecified atom stereocenters. The Labute approximate surface area is 73.2 Å². The third kappa shape index (κ3) is 5.47. The fourth-order valence-electron chi connectivity index (χ4n) is 0.507. The van der Waals surface area contributed by atoms with Gasteiger partial charge in [-0.1, -0.05) is 24.8 Å². The van der Waals surface area contributed by atoms with E-state index in [0.29, 0.717) is 12.2 Å². The van der Waals surface area contributed by atoms with Crippen LogP contribution in [0.3, 0.4) is 0 Å². The highest BCUT2D eigenvalue weighted by atomic mass is 16.5. The largest absolute Gasteiger partial charge is 0.458 e. The lowest BCUT2D eigenvalue weighted by Gasteiger charge is -1.98. The van der Waals surface area contributed by atoms with Gasteiger partial charge in [0.1, 0.15) is 6.61 Å². The lowest BCUT2D eigenvalue weighted by molar-refractivity contribution is -0.137. The summed E-state index contributed by atoms with van der Waals surface area (Å²) in [6, 6.07) is 0. The zero-order chi connectivity index (χ0) is 9.40. The number of rotatable bonds is 5. The second-order valence-corrected chi connectivity index (χ2v) is 2.37. The molecule has 0 saturated carbocycles. The van der Waals surface area contributed by atoms with Gasteiger partial charge in [0.2, 0.25) is 0 Å². The van der Waals surface area contributed by atoms with Gasteiger partial charge in [-0.3, -0.25) is 0 Å². The highest BCUT2D eigenvalue weighted by Gasteiger charge is 1.99. The zero-order valence-corrected chi connectivity index (χ0v) is 7.38. The Bertz CT molecular complexity index is 202. The molecule has 0 aromatic rings. The number of esters is 1. The maximum absolute atomic E-state index is 10.8. The Balaban J connectivity index is 3.49. The lowest BCUT2D eigenvalue weighted by atomic mass is 10.3. The van der Waals surface area contributed by atoms with E-state index in [-0.39, 0.29) is 5.97 Å². The maximum atomic E-state index is 10.8. The minimum absolute atomic E-state index is 0.305. The van der Waals surface area contributed by atoms with Gasteiger partial charge in [0.25, 0.3) is 0 Å². The Hall–Kier alpha value is -1.31. The Morgan fingerprint density at radius 3 is 2.67 bits per heavy atom. The SMILES string of the molecule is C=CCC=CCOC(=O)C(=C)C. The molecule has 0 aromatic heterocycles. The molecule has 0 heterocycles. The van der Waals surface area contributed by atoms with Crippen molar-refractivity contribution < 1.29 is 9.53 Å². The highest BCUT2D eigenvalue weighted by molar-refractivity contribution is 5.86. The van der Waals surface area contributed by atoms with Gasteiger partial charge in [-0.15, -0.1) is 6.58 Å². The van der Waals surface area contributed by atoms with Crippen molar-refractivity contribution in [2.75, 3.05) is 6.61 Å². The molecule has 0 fully saturated rings. The number of hydrogen-bond donors (Lipinski definition) is 0. The zero-order valence-electron chi connectivity index (χ0n) is 7.38. The fourth-order valence-corrected chi connectivity index (χ4v) is 0.507. The van der Waals surface area contributed by atoms with Crippen LogP contribution in [-0.4, -0.2) is 12.6 Å². The van der Waals surface area contributed by atoms with E-state index in [1.807, 2.05) is 6.08 Å². The molecule has 0 aliphatic carbocycles. The molecule has 0 bridgehead atoms. The summed E-state index contributed by atoms with van der Waals surface area (Å²) in [5, 5.41) is 0. The minimum atomic E-state index is -0.349. The van der Waals surface area contributed by atoms with Crippen LogP contribution in [0.5, 0.6) is 0 Å². The number of carbonyl (C=O) groups excluding carboxylic acids is 1. The number of hydrogen-bond acceptors (Lipinski definition) is 2. The van der Waals surface area contributed by atoms with Gasteiger partial charge >= 0.3 is 5.97 Å². The first-order chi connectivity index (χ1) is 5.68. The lowest BCUT2D eigenvalue weighted by Crippen LogP contribution is -2.04. The van der Waals surface area contributed by atoms with Crippen LogP contribution >= 0.6 is 0 Å². The van der Waals surface area contributed by atoms with Crippen molar-refractivity contribution in [3.05, 3.63) is 37.0 Å². The van der Waals surface area contributed by atoms with E-state index in [1.54, 1.807) is 19.1 Å². The van der Waals surface area contributed by atoms with Crippen LogP contribution in [0.2, 0.25) is 0 Å². The van der Waals surface area contributed by atoms with Gasteiger partial charge < -0.3 is 4.74 Å². The van der Waals surface area contributed by atoms with Crippen molar-refractivity contribution in [1.82, 2.24) is 0 Å². The van der Waals surface area contributed by atoms with Crippen LogP contribution in [0, 0.1) is 0 Å². The van der Waals surface area contributed by atoms with Gasteiger partial charge in [-0.25, -0.2) is 4.79 Å². The number of allylic oxidation sites excluding steroid dienone is 2. The van der Waals surface area contributed by atoms with E-state index in [4.69, 9.17) is 4.74 Å². The highest BCUT2D eigenvalue weighted by Crippen LogP contribution is 1.92. The maximum Gasteiger partial charge on any atom is 0.333 e. The first kappa shape index (κ1) is 10.7. The number of ether oxygens (including phenoxy) is 1. The quantitative estimate of drug-likeness (QED) is 0.355. The first-order valence-electron chi connectivity index (χ1n) is 3.77. The standard InChI is InChI=1S/C10H14O2/c1-4-5-6-7-8-12-10(11)9(2)3/h4,6-7H,1-2,5,8H2,3H3. The molecule has 0 N–H and O–H groups in total. The Morgan fingerprint density at radius 2 is 2.17 bits per heavy atom. The van der Waals surface area contributed by atoms with Crippen LogP contribution < -0.4 is 0 Å². The molecular weight excluding hydrogens is 152 g/mol. The van der Waals surface area contributed by atoms with Crippen molar-refractivity contribution in [3.8, 4) is 0 Å². The fraction of sp³-hybridized carbons (Fsp3) is 0.300. The van der Waals surface area contributed by atoms with Crippen LogP contribution in [0.4, 0.5) is 0 Å². The number of carbonyl (C=O) groups is 1. The average Bonchev–Trinajstić information content (AvgIpc) is 2.03. The second kappa shape index (κ2) is 6.40. The molecule has 0 aliphatic rings. The predicted molar refractivity (Wildman–Crippen MR) is 49.7 cm³/mol. The van der Waals surface area contributed by atoms with Crippen LogP contribution in [0.1, 0.15) is 13.3 Å². The van der Waals surface area contributed by atoms with E-state index in [2.05, 4.69) is 13.2 Å². The molecule has 0 atom stereocenters. The van der Waals surface area contributed by atoms with E-state index in [9.17, 15) is 4.79 Å². The summed E-state index contributed by atoms with van der Waals surface area (Å²) >= 11 is 0. The first-order valence-corrected chi connectivity index (χ1v) is 3.77. The summed E-state index contributed by atoms with van der Waals surface area (Å²) in [4.78, 5) is 10.8. The van der Waals surface area contributed by atoms with Crippen LogP contribution in [0.15, 0.2) is 37.0 Å².